The first-order valence-corrected chi connectivity index (χ1v) is 4.24. The van der Waals surface area contributed by atoms with Crippen LogP contribution in [0.25, 0.3) is 0 Å². The number of allylic oxidation sites excluding steroid dienone is 2. The Labute approximate surface area is 84.0 Å². The number of nitriles is 2. The Morgan fingerprint density at radius 1 is 1.14 bits per heavy atom. The Morgan fingerprint density at radius 3 is 1.71 bits per heavy atom. The van der Waals surface area contributed by atoms with E-state index in [2.05, 4.69) is 13.2 Å². The molecule has 14 heavy (non-hydrogen) atoms. The summed E-state index contributed by atoms with van der Waals surface area (Å²) in [5.41, 5.74) is 0. The molecular weight excluding hydrogens is 176 g/mol. The monoisotopic (exact) mass is 188 g/mol. The van der Waals surface area contributed by atoms with Crippen molar-refractivity contribution in [2.45, 2.75) is 12.8 Å². The first kappa shape index (κ1) is 12.1. The smallest absolute Gasteiger partial charge is 0.148 e. The molecule has 0 aliphatic heterocycles. The van der Waals surface area contributed by atoms with Crippen molar-refractivity contribution in [3.8, 4) is 12.1 Å². The van der Waals surface area contributed by atoms with Crippen molar-refractivity contribution in [2.75, 3.05) is 0 Å². The lowest BCUT2D eigenvalue weighted by atomic mass is 9.89. The second kappa shape index (κ2) is 6.62. The number of carbonyl (C=O) groups excluding carboxylic acids is 1. The van der Waals surface area contributed by atoms with E-state index in [-0.39, 0.29) is 18.6 Å². The zero-order valence-electron chi connectivity index (χ0n) is 7.94. The van der Waals surface area contributed by atoms with Crippen LogP contribution in [-0.2, 0) is 4.79 Å². The lowest BCUT2D eigenvalue weighted by Crippen LogP contribution is -2.20. The number of ketones is 1. The van der Waals surface area contributed by atoms with Gasteiger partial charge in [0.1, 0.15) is 5.78 Å². The Bertz CT molecular complexity index is 276. The van der Waals surface area contributed by atoms with Gasteiger partial charge in [0.2, 0.25) is 0 Å². The summed E-state index contributed by atoms with van der Waals surface area (Å²) in [7, 11) is 0. The third-order valence-corrected chi connectivity index (χ3v) is 1.92. The molecule has 0 aliphatic carbocycles. The van der Waals surface area contributed by atoms with Crippen LogP contribution in [0.5, 0.6) is 0 Å². The molecule has 0 aromatic carbocycles. The molecule has 0 aliphatic rings. The van der Waals surface area contributed by atoms with Gasteiger partial charge in [0.25, 0.3) is 0 Å². The van der Waals surface area contributed by atoms with Crippen LogP contribution >= 0.6 is 0 Å². The van der Waals surface area contributed by atoms with Gasteiger partial charge in [-0.3, -0.25) is 4.79 Å². The van der Waals surface area contributed by atoms with E-state index < -0.39 is 11.8 Å². The molecule has 0 fully saturated rings. The van der Waals surface area contributed by atoms with E-state index in [0.29, 0.717) is 0 Å². The van der Waals surface area contributed by atoms with Crippen LogP contribution < -0.4 is 0 Å². The summed E-state index contributed by atoms with van der Waals surface area (Å²) in [4.78, 5) is 11.6. The van der Waals surface area contributed by atoms with Crippen LogP contribution in [0.2, 0.25) is 0 Å². The first-order valence-electron chi connectivity index (χ1n) is 4.24. The van der Waals surface area contributed by atoms with Gasteiger partial charge in [0, 0.05) is 24.7 Å². The van der Waals surface area contributed by atoms with E-state index in [1.807, 2.05) is 12.1 Å². The molecule has 0 spiro atoms. The maximum Gasteiger partial charge on any atom is 0.148 e. The summed E-state index contributed by atoms with van der Waals surface area (Å²) in [5, 5.41) is 16.9. The molecule has 0 aromatic heterocycles. The Kier molecular flexibility index (Phi) is 5.74. The van der Waals surface area contributed by atoms with Crippen molar-refractivity contribution < 1.29 is 4.79 Å². The van der Waals surface area contributed by atoms with Crippen molar-refractivity contribution in [3.05, 3.63) is 25.3 Å². The predicted molar refractivity (Wildman–Crippen MR) is 52.8 cm³/mol. The van der Waals surface area contributed by atoms with Crippen LogP contribution in [0.1, 0.15) is 12.8 Å². The summed E-state index contributed by atoms with van der Waals surface area (Å²) >= 11 is 0. The molecular formula is C11H12N2O. The molecule has 72 valence electrons. The molecule has 0 N–H and O–H groups in total. The van der Waals surface area contributed by atoms with Crippen LogP contribution in [0.15, 0.2) is 25.3 Å². The van der Waals surface area contributed by atoms with E-state index in [1.54, 1.807) is 0 Å². The van der Waals surface area contributed by atoms with Crippen LogP contribution in [0.3, 0.4) is 0 Å². The van der Waals surface area contributed by atoms with Gasteiger partial charge in [-0.15, -0.1) is 13.2 Å². The summed E-state index contributed by atoms with van der Waals surface area (Å²) < 4.78 is 0. The van der Waals surface area contributed by atoms with Crippen LogP contribution in [-0.4, -0.2) is 5.78 Å². The van der Waals surface area contributed by atoms with Crippen molar-refractivity contribution in [1.29, 1.82) is 10.5 Å². The first-order chi connectivity index (χ1) is 6.71. The van der Waals surface area contributed by atoms with Gasteiger partial charge in [-0.25, -0.2) is 0 Å². The van der Waals surface area contributed by atoms with Crippen LogP contribution in [0, 0.1) is 34.5 Å². The zero-order valence-corrected chi connectivity index (χ0v) is 7.94. The summed E-state index contributed by atoms with van der Waals surface area (Å²) in [6.07, 6.45) is 3.11. The molecule has 0 amide bonds. The minimum atomic E-state index is -0.489. The number of rotatable bonds is 6. The highest BCUT2D eigenvalue weighted by molar-refractivity contribution is 5.86. The van der Waals surface area contributed by atoms with Crippen molar-refractivity contribution in [2.24, 2.45) is 11.8 Å². The maximum atomic E-state index is 11.6. The average molecular weight is 188 g/mol. The Hall–Kier alpha value is -1.87. The number of hydrogen-bond donors (Lipinski definition) is 0. The highest BCUT2D eigenvalue weighted by Crippen LogP contribution is 2.15. The fourth-order valence-corrected chi connectivity index (χ4v) is 1.07. The van der Waals surface area contributed by atoms with Gasteiger partial charge in [-0.05, 0) is 0 Å². The molecule has 0 bridgehead atoms. The quantitative estimate of drug-likeness (QED) is 0.599. The lowest BCUT2D eigenvalue weighted by Gasteiger charge is -2.11. The zero-order chi connectivity index (χ0) is 11.0. The fourth-order valence-electron chi connectivity index (χ4n) is 1.07. The van der Waals surface area contributed by atoms with E-state index in [4.69, 9.17) is 10.5 Å². The van der Waals surface area contributed by atoms with Gasteiger partial charge in [-0.1, -0.05) is 12.2 Å². The maximum absolute atomic E-state index is 11.6. The van der Waals surface area contributed by atoms with E-state index in [9.17, 15) is 4.79 Å². The van der Waals surface area contributed by atoms with Gasteiger partial charge < -0.3 is 0 Å². The predicted octanol–water partition coefficient (Wildman–Crippen LogP) is 1.99. The van der Waals surface area contributed by atoms with Crippen molar-refractivity contribution in [3.63, 3.8) is 0 Å². The topological polar surface area (TPSA) is 64.7 Å². The minimum Gasteiger partial charge on any atom is -0.298 e. The molecule has 0 heterocycles. The molecule has 0 saturated carbocycles. The number of hydrogen-bond acceptors (Lipinski definition) is 3. The van der Waals surface area contributed by atoms with Crippen molar-refractivity contribution >= 4 is 5.78 Å². The van der Waals surface area contributed by atoms with E-state index in [0.717, 1.165) is 0 Å². The largest absolute Gasteiger partial charge is 0.298 e. The van der Waals surface area contributed by atoms with Gasteiger partial charge in [-0.2, -0.15) is 10.5 Å². The number of nitrogens with zero attached hydrogens (tertiary/aromatic N) is 2. The molecule has 0 aromatic rings. The van der Waals surface area contributed by atoms with E-state index >= 15 is 0 Å². The third-order valence-electron chi connectivity index (χ3n) is 1.92. The third kappa shape index (κ3) is 3.25. The highest BCUT2D eigenvalue weighted by atomic mass is 16.1. The SMILES string of the molecule is C=CC(CC#N)C(=O)C(C=C)CC#N. The summed E-state index contributed by atoms with van der Waals surface area (Å²) in [6.45, 7) is 6.98. The lowest BCUT2D eigenvalue weighted by molar-refractivity contribution is -0.123. The minimum absolute atomic E-state index is 0.109. The van der Waals surface area contributed by atoms with Gasteiger partial charge in [0.05, 0.1) is 12.1 Å². The van der Waals surface area contributed by atoms with E-state index in [1.165, 1.54) is 12.2 Å². The van der Waals surface area contributed by atoms with Crippen LogP contribution in [0.4, 0.5) is 0 Å². The average Bonchev–Trinajstić information content (AvgIpc) is 2.21. The standard InChI is InChI=1S/C11H12N2O/c1-3-9(5-7-12)11(14)10(4-2)6-8-13/h3-4,9-10H,1-2,5-6H2. The normalized spacial score (nSPS) is 13.0. The second-order valence-corrected chi connectivity index (χ2v) is 2.81. The molecule has 3 nitrogen and oxygen atoms in total. The molecule has 3 heteroatoms. The number of carbonyl (C=O) groups is 1. The number of Topliss-reactive ketones (excluding diaryl/α,β-unsaturated/α-hetero) is 1. The Morgan fingerprint density at radius 2 is 1.50 bits per heavy atom. The van der Waals surface area contributed by atoms with Gasteiger partial charge in [0.15, 0.2) is 0 Å². The summed E-state index contributed by atoms with van der Waals surface area (Å²) in [6, 6.07) is 3.82. The fraction of sp³-hybridized carbons (Fsp3) is 0.364. The molecule has 2 atom stereocenters. The second-order valence-electron chi connectivity index (χ2n) is 2.81. The summed E-state index contributed by atoms with van der Waals surface area (Å²) in [5.74, 6) is -1.13. The molecule has 0 saturated heterocycles. The molecule has 0 radical (unpaired) electrons. The Balaban J connectivity index is 4.55. The van der Waals surface area contributed by atoms with Crippen molar-refractivity contribution in [1.82, 2.24) is 0 Å². The van der Waals surface area contributed by atoms with Gasteiger partial charge >= 0.3 is 0 Å². The molecule has 2 unspecified atom stereocenters. The molecule has 0 rings (SSSR count). The highest BCUT2D eigenvalue weighted by Gasteiger charge is 2.21.